The fourth-order valence-corrected chi connectivity index (χ4v) is 3.86. The van der Waals surface area contributed by atoms with Crippen molar-refractivity contribution in [2.45, 2.75) is 66.0 Å². The molecule has 3 rings (SSSR count). The first-order valence-electron chi connectivity index (χ1n) is 10.6. The lowest BCUT2D eigenvalue weighted by Gasteiger charge is -2.27. The van der Waals surface area contributed by atoms with Gasteiger partial charge in [-0.25, -0.2) is 0 Å². The molecule has 0 bridgehead atoms. The molecule has 6 nitrogen and oxygen atoms in total. The molecular weight excluding hydrogens is 366 g/mol. The highest BCUT2D eigenvalue weighted by Gasteiger charge is 2.27. The van der Waals surface area contributed by atoms with Crippen molar-refractivity contribution in [1.82, 2.24) is 15.1 Å². The number of hydrogen-bond donors (Lipinski definition) is 1. The molecule has 2 heterocycles. The third-order valence-corrected chi connectivity index (χ3v) is 5.30. The van der Waals surface area contributed by atoms with Crippen molar-refractivity contribution < 1.29 is 14.3 Å². The second-order valence-corrected chi connectivity index (χ2v) is 8.16. The van der Waals surface area contributed by atoms with E-state index in [-0.39, 0.29) is 23.9 Å². The quantitative estimate of drug-likeness (QED) is 0.744. The Morgan fingerprint density at radius 1 is 1.17 bits per heavy atom. The number of fused-ring (bicyclic) bond motifs is 1. The van der Waals surface area contributed by atoms with Crippen molar-refractivity contribution in [3.8, 4) is 11.5 Å². The molecule has 6 heteroatoms. The highest BCUT2D eigenvalue weighted by molar-refractivity contribution is 5.80. The van der Waals surface area contributed by atoms with Crippen LogP contribution in [0.1, 0.15) is 69.1 Å². The van der Waals surface area contributed by atoms with Crippen LogP contribution in [0.5, 0.6) is 11.5 Å². The van der Waals surface area contributed by atoms with Crippen molar-refractivity contribution in [3.05, 3.63) is 41.2 Å². The van der Waals surface area contributed by atoms with Crippen LogP contribution in [-0.2, 0) is 4.79 Å². The van der Waals surface area contributed by atoms with Crippen molar-refractivity contribution in [1.29, 1.82) is 0 Å². The fourth-order valence-electron chi connectivity index (χ4n) is 3.86. The van der Waals surface area contributed by atoms with Crippen molar-refractivity contribution >= 4 is 5.91 Å². The number of carbonyl (C=O) groups excluding carboxylic acids is 1. The highest BCUT2D eigenvalue weighted by Crippen LogP contribution is 2.34. The lowest BCUT2D eigenvalue weighted by atomic mass is 9.95. The average Bonchev–Trinajstić information content (AvgIpc) is 2.88. The van der Waals surface area contributed by atoms with Crippen molar-refractivity contribution in [2.24, 2.45) is 5.92 Å². The number of aryl methyl sites for hydroxylation is 2. The topological polar surface area (TPSA) is 65.4 Å². The zero-order valence-electron chi connectivity index (χ0n) is 18.2. The van der Waals surface area contributed by atoms with E-state index < -0.39 is 0 Å². The number of hydrogen-bond acceptors (Lipinski definition) is 4. The van der Waals surface area contributed by atoms with Crippen LogP contribution in [-0.4, -0.2) is 28.9 Å². The second-order valence-electron chi connectivity index (χ2n) is 8.16. The third-order valence-electron chi connectivity index (χ3n) is 5.30. The maximum atomic E-state index is 13.3. The van der Waals surface area contributed by atoms with Gasteiger partial charge in [0, 0.05) is 12.1 Å². The first kappa shape index (κ1) is 21.2. The van der Waals surface area contributed by atoms with Crippen LogP contribution in [0, 0.1) is 19.8 Å². The minimum absolute atomic E-state index is 0.00358. The molecule has 29 heavy (non-hydrogen) atoms. The van der Waals surface area contributed by atoms with Crippen molar-refractivity contribution in [2.75, 3.05) is 13.2 Å². The molecule has 0 radical (unpaired) electrons. The van der Waals surface area contributed by atoms with E-state index in [1.807, 2.05) is 42.8 Å². The van der Waals surface area contributed by atoms with Gasteiger partial charge in [0.2, 0.25) is 5.91 Å². The molecule has 0 aliphatic carbocycles. The molecule has 2 aromatic rings. The van der Waals surface area contributed by atoms with E-state index in [9.17, 15) is 4.79 Å². The minimum atomic E-state index is -0.310. The van der Waals surface area contributed by atoms with Crippen LogP contribution in [0.25, 0.3) is 0 Å². The Labute approximate surface area is 173 Å². The summed E-state index contributed by atoms with van der Waals surface area (Å²) in [5.41, 5.74) is 2.97. The predicted octanol–water partition coefficient (Wildman–Crippen LogP) is 4.52. The summed E-state index contributed by atoms with van der Waals surface area (Å²) in [7, 11) is 0. The van der Waals surface area contributed by atoms with Gasteiger partial charge in [0.25, 0.3) is 0 Å². The highest BCUT2D eigenvalue weighted by atomic mass is 16.5. The molecule has 1 amide bonds. The predicted molar refractivity (Wildman–Crippen MR) is 113 cm³/mol. The summed E-state index contributed by atoms with van der Waals surface area (Å²) in [5.74, 6) is 1.76. The minimum Gasteiger partial charge on any atom is -0.490 e. The van der Waals surface area contributed by atoms with Gasteiger partial charge in [-0.3, -0.25) is 9.48 Å². The van der Waals surface area contributed by atoms with Gasteiger partial charge < -0.3 is 14.8 Å². The molecule has 1 aromatic heterocycles. The zero-order valence-corrected chi connectivity index (χ0v) is 18.2. The maximum absolute atomic E-state index is 13.3. The summed E-state index contributed by atoms with van der Waals surface area (Å²) in [4.78, 5) is 13.3. The van der Waals surface area contributed by atoms with Gasteiger partial charge in [-0.15, -0.1) is 0 Å². The first-order chi connectivity index (χ1) is 13.9. The van der Waals surface area contributed by atoms with Crippen molar-refractivity contribution in [3.63, 3.8) is 0 Å². The lowest BCUT2D eigenvalue weighted by Crippen LogP contribution is -2.38. The Morgan fingerprint density at radius 2 is 1.90 bits per heavy atom. The third kappa shape index (κ3) is 4.92. The monoisotopic (exact) mass is 399 g/mol. The number of aromatic nitrogens is 2. The summed E-state index contributed by atoms with van der Waals surface area (Å²) in [6, 6.07) is 7.56. The lowest BCUT2D eigenvalue weighted by molar-refractivity contribution is -0.126. The number of nitrogens with one attached hydrogen (secondary N) is 1. The Hall–Kier alpha value is -2.50. The number of carbonyl (C=O) groups is 1. The van der Waals surface area contributed by atoms with Crippen LogP contribution in [0.2, 0.25) is 0 Å². The van der Waals surface area contributed by atoms with Gasteiger partial charge in [-0.1, -0.05) is 33.3 Å². The normalized spacial score (nSPS) is 15.7. The van der Waals surface area contributed by atoms with Crippen LogP contribution in [0.15, 0.2) is 24.3 Å². The van der Waals surface area contributed by atoms with E-state index in [4.69, 9.17) is 9.47 Å². The molecule has 2 unspecified atom stereocenters. The zero-order chi connectivity index (χ0) is 21.0. The van der Waals surface area contributed by atoms with Crippen LogP contribution >= 0.6 is 0 Å². The molecule has 2 atom stereocenters. The molecule has 0 spiro atoms. The van der Waals surface area contributed by atoms with Gasteiger partial charge in [0.15, 0.2) is 11.5 Å². The average molecular weight is 400 g/mol. The number of amides is 1. The molecule has 1 N–H and O–H groups in total. The van der Waals surface area contributed by atoms with Crippen LogP contribution < -0.4 is 14.8 Å². The number of benzene rings is 1. The molecule has 0 saturated heterocycles. The van der Waals surface area contributed by atoms with Gasteiger partial charge in [-0.05, 0) is 49.9 Å². The molecular formula is C23H33N3O3. The molecule has 158 valence electrons. The summed E-state index contributed by atoms with van der Waals surface area (Å²) >= 11 is 0. The van der Waals surface area contributed by atoms with Gasteiger partial charge in [0.05, 0.1) is 24.9 Å². The standard InChI is InChI=1S/C23H33N3O3/c1-6-8-19(26-17(5)13-16(4)25-26)23(27)24-22(15(2)3)18-9-10-20-21(14-18)29-12-7-11-28-20/h9-10,13-15,19,22H,6-8,11-12H2,1-5H3,(H,24,27). The van der Waals surface area contributed by atoms with E-state index in [0.717, 1.165) is 47.7 Å². The number of rotatable bonds is 7. The Kier molecular flexibility index (Phi) is 6.83. The molecule has 0 fully saturated rings. The molecule has 1 aliphatic rings. The molecule has 1 aliphatic heterocycles. The Morgan fingerprint density at radius 3 is 2.52 bits per heavy atom. The summed E-state index contributed by atoms with van der Waals surface area (Å²) in [6.07, 6.45) is 2.53. The Balaban J connectivity index is 1.85. The second kappa shape index (κ2) is 9.33. The summed E-state index contributed by atoms with van der Waals surface area (Å²) in [6.45, 7) is 11.6. The molecule has 0 saturated carbocycles. The van der Waals surface area contributed by atoms with E-state index in [1.165, 1.54) is 0 Å². The SMILES string of the molecule is CCCC(C(=O)NC(c1ccc2c(c1)OCCCO2)C(C)C)n1nc(C)cc1C. The fraction of sp³-hybridized carbons (Fsp3) is 0.565. The van der Waals surface area contributed by atoms with Gasteiger partial charge >= 0.3 is 0 Å². The Bertz CT molecular complexity index is 844. The molecule has 1 aromatic carbocycles. The van der Waals surface area contributed by atoms with E-state index in [0.29, 0.717) is 13.2 Å². The van der Waals surface area contributed by atoms with Crippen LogP contribution in [0.4, 0.5) is 0 Å². The van der Waals surface area contributed by atoms with Gasteiger partial charge in [0.1, 0.15) is 6.04 Å². The van der Waals surface area contributed by atoms with E-state index in [1.54, 1.807) is 0 Å². The first-order valence-corrected chi connectivity index (χ1v) is 10.6. The van der Waals surface area contributed by atoms with Crippen LogP contribution in [0.3, 0.4) is 0 Å². The van der Waals surface area contributed by atoms with E-state index >= 15 is 0 Å². The largest absolute Gasteiger partial charge is 0.490 e. The maximum Gasteiger partial charge on any atom is 0.245 e. The number of ether oxygens (including phenoxy) is 2. The summed E-state index contributed by atoms with van der Waals surface area (Å²) < 4.78 is 13.5. The van der Waals surface area contributed by atoms with Gasteiger partial charge in [-0.2, -0.15) is 5.10 Å². The summed E-state index contributed by atoms with van der Waals surface area (Å²) in [5, 5.41) is 7.84. The smallest absolute Gasteiger partial charge is 0.245 e. The van der Waals surface area contributed by atoms with E-state index in [2.05, 4.69) is 31.2 Å². The number of nitrogens with zero attached hydrogens (tertiary/aromatic N) is 2.